The van der Waals surface area contributed by atoms with Crippen LogP contribution in [0.3, 0.4) is 0 Å². The second-order valence-electron chi connectivity index (χ2n) is 5.68. The molecule has 0 aliphatic heterocycles. The molecule has 1 aromatic carbocycles. The lowest BCUT2D eigenvalue weighted by molar-refractivity contribution is -0.386. The van der Waals surface area contributed by atoms with E-state index in [-0.39, 0.29) is 30.2 Å². The summed E-state index contributed by atoms with van der Waals surface area (Å²) in [7, 11) is 1.53. The number of hydrogen-bond acceptors (Lipinski definition) is 7. The second-order valence-corrected chi connectivity index (χ2v) is 5.68. The van der Waals surface area contributed by atoms with Gasteiger partial charge in [0.1, 0.15) is 23.7 Å². The fourth-order valence-corrected chi connectivity index (χ4v) is 2.51. The lowest BCUT2D eigenvalue weighted by Crippen LogP contribution is -2.29. The Bertz CT molecular complexity index is 861. The number of amides is 1. The highest BCUT2D eigenvalue weighted by Crippen LogP contribution is 2.21. The highest BCUT2D eigenvalue weighted by molar-refractivity contribution is 5.80. The summed E-state index contributed by atoms with van der Waals surface area (Å²) in [6.07, 6.45) is 0. The third-order valence-electron chi connectivity index (χ3n) is 3.84. The Morgan fingerprint density at radius 3 is 2.63 bits per heavy atom. The van der Waals surface area contributed by atoms with Gasteiger partial charge in [-0.2, -0.15) is 5.10 Å². The summed E-state index contributed by atoms with van der Waals surface area (Å²) in [5.74, 6) is -0.558. The lowest BCUT2D eigenvalue weighted by Gasteiger charge is -2.10. The number of hydrogen-bond donors (Lipinski definition) is 1. The Morgan fingerprint density at radius 1 is 1.30 bits per heavy atom. The molecule has 0 bridgehead atoms. The zero-order chi connectivity index (χ0) is 20.0. The SMILES string of the molecule is COc1ccccc1CNC(=O)COC(=O)Cn1nc(C)c([N+](=O)[O-])c1C. The number of ether oxygens (including phenoxy) is 2. The van der Waals surface area contributed by atoms with Crippen molar-refractivity contribution in [2.75, 3.05) is 13.7 Å². The molecule has 1 N–H and O–H groups in total. The van der Waals surface area contributed by atoms with Crippen LogP contribution < -0.4 is 10.1 Å². The van der Waals surface area contributed by atoms with Crippen LogP contribution in [0.4, 0.5) is 5.69 Å². The molecule has 10 heteroatoms. The van der Waals surface area contributed by atoms with E-state index in [1.54, 1.807) is 12.1 Å². The van der Waals surface area contributed by atoms with Crippen LogP contribution in [0.25, 0.3) is 0 Å². The Kier molecular flexibility index (Phi) is 6.47. The molecule has 0 aliphatic rings. The summed E-state index contributed by atoms with van der Waals surface area (Å²) in [5.41, 5.74) is 1.10. The van der Waals surface area contributed by atoms with Crippen molar-refractivity contribution in [3.63, 3.8) is 0 Å². The monoisotopic (exact) mass is 376 g/mol. The van der Waals surface area contributed by atoms with Crippen LogP contribution in [-0.4, -0.2) is 40.3 Å². The van der Waals surface area contributed by atoms with Gasteiger partial charge in [-0.3, -0.25) is 24.4 Å². The van der Waals surface area contributed by atoms with Crippen LogP contribution in [0.2, 0.25) is 0 Å². The quantitative estimate of drug-likeness (QED) is 0.418. The van der Waals surface area contributed by atoms with Crippen LogP contribution in [0.5, 0.6) is 5.75 Å². The molecule has 0 saturated heterocycles. The molecule has 0 spiro atoms. The summed E-state index contributed by atoms with van der Waals surface area (Å²) in [5, 5.41) is 17.5. The van der Waals surface area contributed by atoms with E-state index in [0.717, 1.165) is 5.56 Å². The molecule has 2 rings (SSSR count). The Labute approximate surface area is 155 Å². The van der Waals surface area contributed by atoms with Crippen LogP contribution in [0, 0.1) is 24.0 Å². The minimum Gasteiger partial charge on any atom is -0.496 e. The molecule has 0 radical (unpaired) electrons. The molecular weight excluding hydrogens is 356 g/mol. The normalized spacial score (nSPS) is 10.3. The van der Waals surface area contributed by atoms with E-state index in [4.69, 9.17) is 9.47 Å². The number of aromatic nitrogens is 2. The zero-order valence-corrected chi connectivity index (χ0v) is 15.2. The number of para-hydroxylation sites is 1. The van der Waals surface area contributed by atoms with Gasteiger partial charge in [0, 0.05) is 12.1 Å². The van der Waals surface area contributed by atoms with Gasteiger partial charge in [0.05, 0.1) is 12.0 Å². The summed E-state index contributed by atoms with van der Waals surface area (Å²) in [6.45, 7) is 2.42. The van der Waals surface area contributed by atoms with Crippen molar-refractivity contribution >= 4 is 17.6 Å². The van der Waals surface area contributed by atoms with E-state index >= 15 is 0 Å². The van der Waals surface area contributed by atoms with Crippen molar-refractivity contribution in [3.8, 4) is 5.75 Å². The summed E-state index contributed by atoms with van der Waals surface area (Å²) < 4.78 is 11.3. The second kappa shape index (κ2) is 8.79. The van der Waals surface area contributed by atoms with E-state index in [9.17, 15) is 19.7 Å². The summed E-state index contributed by atoms with van der Waals surface area (Å²) in [4.78, 5) is 34.1. The van der Waals surface area contributed by atoms with Gasteiger partial charge in [0.15, 0.2) is 6.61 Å². The smallest absolute Gasteiger partial charge is 0.328 e. The maximum absolute atomic E-state index is 11.9. The largest absolute Gasteiger partial charge is 0.496 e. The summed E-state index contributed by atoms with van der Waals surface area (Å²) in [6, 6.07) is 7.21. The molecule has 10 nitrogen and oxygen atoms in total. The molecule has 0 unspecified atom stereocenters. The first-order valence-electron chi connectivity index (χ1n) is 8.06. The number of nitro groups is 1. The molecule has 1 amide bonds. The van der Waals surface area contributed by atoms with Crippen LogP contribution >= 0.6 is 0 Å². The van der Waals surface area contributed by atoms with Crippen LogP contribution in [-0.2, 0) is 27.4 Å². The van der Waals surface area contributed by atoms with Gasteiger partial charge in [-0.15, -0.1) is 0 Å². The Morgan fingerprint density at radius 2 is 2.00 bits per heavy atom. The molecular formula is C17H20N4O6. The van der Waals surface area contributed by atoms with Gasteiger partial charge in [0.2, 0.25) is 0 Å². The average molecular weight is 376 g/mol. The molecule has 0 saturated carbocycles. The van der Waals surface area contributed by atoms with Gasteiger partial charge >= 0.3 is 11.7 Å². The molecule has 2 aromatic rings. The predicted octanol–water partition coefficient (Wildman–Crippen LogP) is 1.28. The molecule has 1 heterocycles. The number of rotatable bonds is 8. The van der Waals surface area contributed by atoms with Gasteiger partial charge in [-0.05, 0) is 19.9 Å². The first kappa shape index (κ1) is 19.9. The molecule has 27 heavy (non-hydrogen) atoms. The van der Waals surface area contributed by atoms with E-state index in [1.165, 1.54) is 25.6 Å². The fourth-order valence-electron chi connectivity index (χ4n) is 2.51. The minimum absolute atomic E-state index is 0.141. The highest BCUT2D eigenvalue weighted by Gasteiger charge is 2.23. The first-order valence-corrected chi connectivity index (χ1v) is 8.06. The maximum atomic E-state index is 11.9. The van der Waals surface area contributed by atoms with E-state index in [0.29, 0.717) is 5.75 Å². The minimum atomic E-state index is -0.720. The van der Waals surface area contributed by atoms with Crippen molar-refractivity contribution < 1.29 is 24.0 Å². The molecule has 144 valence electrons. The van der Waals surface area contributed by atoms with Crippen LogP contribution in [0.1, 0.15) is 17.0 Å². The maximum Gasteiger partial charge on any atom is 0.328 e. The number of esters is 1. The number of carbonyl (C=O) groups excluding carboxylic acids is 2. The number of nitrogens with one attached hydrogen (secondary N) is 1. The fraction of sp³-hybridized carbons (Fsp3) is 0.353. The Hall–Kier alpha value is -3.43. The van der Waals surface area contributed by atoms with Gasteiger partial charge in [-0.25, -0.2) is 0 Å². The molecule has 0 fully saturated rings. The van der Waals surface area contributed by atoms with E-state index in [2.05, 4.69) is 10.4 Å². The van der Waals surface area contributed by atoms with E-state index in [1.807, 2.05) is 12.1 Å². The topological polar surface area (TPSA) is 126 Å². The van der Waals surface area contributed by atoms with Crippen molar-refractivity contribution in [2.45, 2.75) is 26.9 Å². The molecule has 0 atom stereocenters. The van der Waals surface area contributed by atoms with Gasteiger partial charge in [-0.1, -0.05) is 18.2 Å². The van der Waals surface area contributed by atoms with Crippen molar-refractivity contribution in [1.82, 2.24) is 15.1 Å². The lowest BCUT2D eigenvalue weighted by atomic mass is 10.2. The molecule has 1 aromatic heterocycles. The van der Waals surface area contributed by atoms with Gasteiger partial charge < -0.3 is 14.8 Å². The standard InChI is InChI=1S/C17H20N4O6/c1-11-17(21(24)25)12(2)20(19-11)9-16(23)27-10-15(22)18-8-13-6-4-5-7-14(13)26-3/h4-7H,8-10H2,1-3H3,(H,18,22). The molecule has 0 aliphatic carbocycles. The predicted molar refractivity (Wildman–Crippen MR) is 94.2 cm³/mol. The zero-order valence-electron chi connectivity index (χ0n) is 15.2. The Balaban J connectivity index is 1.84. The van der Waals surface area contributed by atoms with Gasteiger partial charge in [0.25, 0.3) is 5.91 Å². The van der Waals surface area contributed by atoms with Crippen molar-refractivity contribution in [1.29, 1.82) is 0 Å². The third kappa shape index (κ3) is 5.03. The van der Waals surface area contributed by atoms with E-state index < -0.39 is 23.4 Å². The number of carbonyl (C=O) groups is 2. The highest BCUT2D eigenvalue weighted by atomic mass is 16.6. The average Bonchev–Trinajstić information content (AvgIpc) is 2.91. The first-order chi connectivity index (χ1) is 12.8. The van der Waals surface area contributed by atoms with Crippen molar-refractivity contribution in [3.05, 3.63) is 51.3 Å². The van der Waals surface area contributed by atoms with Crippen LogP contribution in [0.15, 0.2) is 24.3 Å². The number of aryl methyl sites for hydroxylation is 1. The number of methoxy groups -OCH3 is 1. The third-order valence-corrected chi connectivity index (χ3v) is 3.84. The summed E-state index contributed by atoms with van der Waals surface area (Å²) >= 11 is 0. The number of nitrogens with zero attached hydrogens (tertiary/aromatic N) is 3. The van der Waals surface area contributed by atoms with Crippen molar-refractivity contribution in [2.24, 2.45) is 0 Å². The number of benzene rings is 1.